The number of rotatable bonds is 2. The van der Waals surface area contributed by atoms with Crippen molar-refractivity contribution in [2.24, 2.45) is 0 Å². The van der Waals surface area contributed by atoms with Gasteiger partial charge < -0.3 is 16.0 Å². The largest absolute Gasteiger partial charge is 0.487 e. The normalized spacial score (nSPS) is 11.7. The van der Waals surface area contributed by atoms with Gasteiger partial charge in [-0.2, -0.15) is 0 Å². The number of hydrogen-bond donors (Lipinski definition) is 2. The quantitative estimate of drug-likeness (QED) is 0.847. The number of ether oxygens (including phenoxy) is 1. The highest BCUT2D eigenvalue weighted by molar-refractivity contribution is 5.91. The molecule has 19 heavy (non-hydrogen) atoms. The molecule has 1 rings (SSSR count). The molecule has 0 aliphatic rings. The van der Waals surface area contributed by atoms with Crippen molar-refractivity contribution >= 4 is 5.97 Å². The Hall–Kier alpha value is -1.55. The van der Waals surface area contributed by atoms with Crippen LogP contribution in [-0.4, -0.2) is 16.7 Å². The van der Waals surface area contributed by atoms with Crippen LogP contribution in [0.1, 0.15) is 57.5 Å². The van der Waals surface area contributed by atoms with E-state index in [1.807, 2.05) is 47.6 Å². The molecule has 108 valence electrons. The average molecular weight is 267 g/mol. The summed E-state index contributed by atoms with van der Waals surface area (Å²) < 4.78 is 5.87. The van der Waals surface area contributed by atoms with E-state index in [-0.39, 0.29) is 17.1 Å². The molecule has 0 amide bonds. The Morgan fingerprint density at radius 3 is 2.00 bits per heavy atom. The highest BCUT2D eigenvalue weighted by Gasteiger charge is 2.26. The lowest BCUT2D eigenvalue weighted by Gasteiger charge is -2.29. The summed E-state index contributed by atoms with van der Waals surface area (Å²) in [4.78, 5) is 11.3. The summed E-state index contributed by atoms with van der Waals surface area (Å²) in [5.41, 5.74) is 0.548. The molecule has 0 radical (unpaired) electrons. The molecule has 0 bridgehead atoms. The van der Waals surface area contributed by atoms with Gasteiger partial charge in [-0.1, -0.05) is 32.9 Å². The first-order valence-electron chi connectivity index (χ1n) is 6.08. The molecule has 0 saturated heterocycles. The van der Waals surface area contributed by atoms with E-state index in [1.165, 1.54) is 0 Å². The summed E-state index contributed by atoms with van der Waals surface area (Å²) in [6.07, 6.45) is 0. The molecule has 4 heteroatoms. The van der Waals surface area contributed by atoms with Crippen LogP contribution in [0.5, 0.6) is 5.75 Å². The first-order chi connectivity index (χ1) is 8.02. The molecule has 0 fully saturated rings. The number of para-hydroxylation sites is 1. The van der Waals surface area contributed by atoms with Crippen molar-refractivity contribution in [1.82, 2.24) is 6.15 Å². The van der Waals surface area contributed by atoms with E-state index in [0.717, 1.165) is 5.56 Å². The second-order valence-electron chi connectivity index (χ2n) is 6.45. The predicted octanol–water partition coefficient (Wildman–Crippen LogP) is 4.02. The molecule has 4 nitrogen and oxygen atoms in total. The Morgan fingerprint density at radius 2 is 1.63 bits per heavy atom. The zero-order valence-corrected chi connectivity index (χ0v) is 12.7. The van der Waals surface area contributed by atoms with Crippen LogP contribution in [-0.2, 0) is 5.41 Å². The minimum atomic E-state index is -0.958. The van der Waals surface area contributed by atoms with Crippen molar-refractivity contribution in [2.45, 2.75) is 52.6 Å². The first-order valence-corrected chi connectivity index (χ1v) is 6.08. The second-order valence-corrected chi connectivity index (χ2v) is 6.45. The standard InChI is InChI=1S/C15H22O3.H3N/c1-14(2,3)11-9-7-8-10(13(16)17)12(11)18-15(4,5)6;/h7-9H,1-6H3,(H,16,17);1H3. The van der Waals surface area contributed by atoms with E-state index in [4.69, 9.17) is 4.74 Å². The Morgan fingerprint density at radius 1 is 1.11 bits per heavy atom. The third-order valence-electron chi connectivity index (χ3n) is 2.46. The lowest BCUT2D eigenvalue weighted by atomic mass is 9.85. The lowest BCUT2D eigenvalue weighted by molar-refractivity contribution is 0.0679. The van der Waals surface area contributed by atoms with Gasteiger partial charge in [0.2, 0.25) is 0 Å². The molecular weight excluding hydrogens is 242 g/mol. The molecule has 0 unspecified atom stereocenters. The Labute approximate surface area is 115 Å². The summed E-state index contributed by atoms with van der Waals surface area (Å²) in [7, 11) is 0. The highest BCUT2D eigenvalue weighted by atomic mass is 16.5. The van der Waals surface area contributed by atoms with Crippen LogP contribution in [0.2, 0.25) is 0 Å². The lowest BCUT2D eigenvalue weighted by Crippen LogP contribution is -2.27. The molecule has 0 atom stereocenters. The number of carboxylic acid groups (broad SMARTS) is 1. The van der Waals surface area contributed by atoms with Gasteiger partial charge in [0.05, 0.1) is 0 Å². The van der Waals surface area contributed by atoms with Crippen LogP contribution in [0.3, 0.4) is 0 Å². The smallest absolute Gasteiger partial charge is 0.339 e. The Balaban J connectivity index is 0.00000324. The fraction of sp³-hybridized carbons (Fsp3) is 0.533. The summed E-state index contributed by atoms with van der Waals surface area (Å²) in [6.45, 7) is 11.9. The van der Waals surface area contributed by atoms with Crippen LogP contribution in [0.4, 0.5) is 0 Å². The second kappa shape index (κ2) is 5.61. The first kappa shape index (κ1) is 17.4. The van der Waals surface area contributed by atoms with E-state index in [1.54, 1.807) is 12.1 Å². The van der Waals surface area contributed by atoms with Crippen LogP contribution in [0, 0.1) is 0 Å². The fourth-order valence-corrected chi connectivity index (χ4v) is 1.71. The number of aromatic carboxylic acids is 1. The van der Waals surface area contributed by atoms with Crippen molar-refractivity contribution in [3.8, 4) is 5.75 Å². The van der Waals surface area contributed by atoms with Gasteiger partial charge >= 0.3 is 5.97 Å². The van der Waals surface area contributed by atoms with Crippen LogP contribution < -0.4 is 10.9 Å². The number of carbonyl (C=O) groups is 1. The summed E-state index contributed by atoms with van der Waals surface area (Å²) in [5, 5.41) is 9.27. The van der Waals surface area contributed by atoms with E-state index >= 15 is 0 Å². The minimum absolute atomic E-state index is 0. The van der Waals surface area contributed by atoms with Gasteiger partial charge in [-0.15, -0.1) is 0 Å². The van der Waals surface area contributed by atoms with Crippen LogP contribution in [0.25, 0.3) is 0 Å². The van der Waals surface area contributed by atoms with Gasteiger partial charge in [-0.25, -0.2) is 4.79 Å². The van der Waals surface area contributed by atoms with Crippen molar-refractivity contribution < 1.29 is 14.6 Å². The number of carboxylic acids is 1. The molecule has 0 spiro atoms. The monoisotopic (exact) mass is 267 g/mol. The fourth-order valence-electron chi connectivity index (χ4n) is 1.71. The SMILES string of the molecule is CC(C)(C)Oc1c(C(=O)O)cccc1C(C)(C)C.N. The molecule has 0 heterocycles. The summed E-state index contributed by atoms with van der Waals surface area (Å²) >= 11 is 0. The predicted molar refractivity (Wildman–Crippen MR) is 77.5 cm³/mol. The van der Waals surface area contributed by atoms with Crippen molar-refractivity contribution in [1.29, 1.82) is 0 Å². The van der Waals surface area contributed by atoms with E-state index in [0.29, 0.717) is 5.75 Å². The Bertz CT molecular complexity index is 453. The van der Waals surface area contributed by atoms with E-state index in [2.05, 4.69) is 0 Å². The van der Waals surface area contributed by atoms with Gasteiger partial charge in [0.1, 0.15) is 16.9 Å². The average Bonchev–Trinajstić information content (AvgIpc) is 2.13. The molecule has 1 aromatic rings. The maximum absolute atomic E-state index is 11.3. The van der Waals surface area contributed by atoms with Gasteiger partial charge in [0.15, 0.2) is 0 Å². The third-order valence-corrected chi connectivity index (χ3v) is 2.46. The van der Waals surface area contributed by atoms with Gasteiger partial charge in [0.25, 0.3) is 0 Å². The van der Waals surface area contributed by atoms with Gasteiger partial charge in [-0.05, 0) is 32.3 Å². The van der Waals surface area contributed by atoms with Crippen LogP contribution >= 0.6 is 0 Å². The minimum Gasteiger partial charge on any atom is -0.487 e. The zero-order valence-electron chi connectivity index (χ0n) is 12.7. The molecule has 0 aliphatic carbocycles. The number of hydrogen-bond acceptors (Lipinski definition) is 3. The zero-order chi connectivity index (χ0) is 14.1. The summed E-state index contributed by atoms with van der Waals surface area (Å²) in [5.74, 6) is -0.481. The third kappa shape index (κ3) is 4.56. The highest BCUT2D eigenvalue weighted by Crippen LogP contribution is 2.36. The molecule has 0 saturated carbocycles. The topological polar surface area (TPSA) is 81.5 Å². The van der Waals surface area contributed by atoms with Crippen molar-refractivity contribution in [2.75, 3.05) is 0 Å². The molecule has 0 aromatic heterocycles. The van der Waals surface area contributed by atoms with Gasteiger partial charge in [-0.3, -0.25) is 0 Å². The van der Waals surface area contributed by atoms with E-state index < -0.39 is 11.6 Å². The molecule has 4 N–H and O–H groups in total. The van der Waals surface area contributed by atoms with Crippen molar-refractivity contribution in [3.63, 3.8) is 0 Å². The van der Waals surface area contributed by atoms with E-state index in [9.17, 15) is 9.90 Å². The van der Waals surface area contributed by atoms with Crippen LogP contribution in [0.15, 0.2) is 18.2 Å². The number of benzene rings is 1. The molecule has 0 aliphatic heterocycles. The van der Waals surface area contributed by atoms with Gasteiger partial charge in [0, 0.05) is 5.56 Å². The van der Waals surface area contributed by atoms with Crippen molar-refractivity contribution in [3.05, 3.63) is 29.3 Å². The molecule has 1 aromatic carbocycles. The maximum atomic E-state index is 11.3. The maximum Gasteiger partial charge on any atom is 0.339 e. The Kier molecular flexibility index (Phi) is 5.15. The molecular formula is C15H25NO3. The summed E-state index contributed by atoms with van der Waals surface area (Å²) in [6, 6.07) is 5.27.